The maximum absolute atomic E-state index is 11.2. The van der Waals surface area contributed by atoms with Crippen LogP contribution in [0.4, 0.5) is 0 Å². The van der Waals surface area contributed by atoms with Crippen molar-refractivity contribution in [3.8, 4) is 0 Å². The Kier molecular flexibility index (Phi) is 5.32. The van der Waals surface area contributed by atoms with Crippen molar-refractivity contribution < 1.29 is 4.79 Å². The number of carbonyl (C=O) groups excluding carboxylic acids is 1. The SMILES string of the molecule is CCC(C)(C=O)CN1CCN(Cc2ccccc2)CC1. The minimum atomic E-state index is -0.179. The second-order valence-electron chi connectivity index (χ2n) is 6.16. The summed E-state index contributed by atoms with van der Waals surface area (Å²) < 4.78 is 0. The number of piperazine rings is 1. The van der Waals surface area contributed by atoms with Gasteiger partial charge >= 0.3 is 0 Å². The summed E-state index contributed by atoms with van der Waals surface area (Å²) in [5.74, 6) is 0. The summed E-state index contributed by atoms with van der Waals surface area (Å²) in [6, 6.07) is 10.6. The maximum atomic E-state index is 11.2. The van der Waals surface area contributed by atoms with Gasteiger partial charge in [-0.2, -0.15) is 0 Å². The molecule has 1 saturated heterocycles. The Hall–Kier alpha value is -1.19. The van der Waals surface area contributed by atoms with Gasteiger partial charge in [-0.15, -0.1) is 0 Å². The minimum absolute atomic E-state index is 0.179. The van der Waals surface area contributed by atoms with Crippen LogP contribution in [0.1, 0.15) is 25.8 Å². The highest BCUT2D eigenvalue weighted by Crippen LogP contribution is 2.20. The lowest BCUT2D eigenvalue weighted by Crippen LogP contribution is -2.49. The topological polar surface area (TPSA) is 23.6 Å². The summed E-state index contributed by atoms with van der Waals surface area (Å²) in [7, 11) is 0. The van der Waals surface area contributed by atoms with Gasteiger partial charge in [0.25, 0.3) is 0 Å². The molecule has 1 atom stereocenters. The molecule has 0 aliphatic carbocycles. The first-order valence-corrected chi connectivity index (χ1v) is 7.60. The van der Waals surface area contributed by atoms with E-state index in [2.05, 4.69) is 54.0 Å². The zero-order valence-electron chi connectivity index (χ0n) is 12.7. The van der Waals surface area contributed by atoms with E-state index in [1.54, 1.807) is 0 Å². The van der Waals surface area contributed by atoms with Crippen molar-refractivity contribution in [2.45, 2.75) is 26.8 Å². The second-order valence-corrected chi connectivity index (χ2v) is 6.16. The van der Waals surface area contributed by atoms with Gasteiger partial charge in [0.05, 0.1) is 0 Å². The third-order valence-electron chi connectivity index (χ3n) is 4.39. The monoisotopic (exact) mass is 274 g/mol. The standard InChI is InChI=1S/C17H26N2O/c1-3-17(2,15-20)14-19-11-9-18(10-12-19)13-16-7-5-4-6-8-16/h4-8,15H,3,9-14H2,1-2H3. The summed E-state index contributed by atoms with van der Waals surface area (Å²) in [6.07, 6.45) is 2.05. The van der Waals surface area contributed by atoms with E-state index in [0.29, 0.717) is 0 Å². The van der Waals surface area contributed by atoms with Gasteiger partial charge in [0.1, 0.15) is 6.29 Å². The Bertz CT molecular complexity index is 412. The number of rotatable bonds is 6. The molecule has 1 aromatic rings. The normalized spacial score (nSPS) is 20.5. The summed E-state index contributed by atoms with van der Waals surface area (Å²) in [6.45, 7) is 10.4. The molecule has 0 aromatic heterocycles. The van der Waals surface area contributed by atoms with Gasteiger partial charge < -0.3 is 4.79 Å². The van der Waals surface area contributed by atoms with E-state index < -0.39 is 0 Å². The van der Waals surface area contributed by atoms with Crippen molar-refractivity contribution in [2.24, 2.45) is 5.41 Å². The van der Waals surface area contributed by atoms with Crippen LogP contribution >= 0.6 is 0 Å². The number of nitrogens with zero attached hydrogens (tertiary/aromatic N) is 2. The molecule has 1 unspecified atom stereocenters. The molecule has 0 amide bonds. The molecule has 1 heterocycles. The van der Waals surface area contributed by atoms with Gasteiger partial charge in [-0.25, -0.2) is 0 Å². The molecular weight excluding hydrogens is 248 g/mol. The molecule has 1 aromatic carbocycles. The van der Waals surface area contributed by atoms with E-state index in [9.17, 15) is 4.79 Å². The molecule has 0 bridgehead atoms. The fourth-order valence-electron chi connectivity index (χ4n) is 2.69. The van der Waals surface area contributed by atoms with Crippen molar-refractivity contribution >= 4 is 6.29 Å². The molecule has 0 spiro atoms. The van der Waals surface area contributed by atoms with Crippen LogP contribution in [-0.2, 0) is 11.3 Å². The molecule has 0 radical (unpaired) electrons. The number of benzene rings is 1. The Morgan fingerprint density at radius 1 is 1.10 bits per heavy atom. The van der Waals surface area contributed by atoms with Crippen molar-refractivity contribution in [3.05, 3.63) is 35.9 Å². The molecule has 1 aliphatic heterocycles. The fraction of sp³-hybridized carbons (Fsp3) is 0.588. The number of carbonyl (C=O) groups is 1. The van der Waals surface area contributed by atoms with Gasteiger partial charge in [0.2, 0.25) is 0 Å². The van der Waals surface area contributed by atoms with E-state index in [4.69, 9.17) is 0 Å². The van der Waals surface area contributed by atoms with E-state index in [1.807, 2.05) is 0 Å². The largest absolute Gasteiger partial charge is 0.303 e. The fourth-order valence-corrected chi connectivity index (χ4v) is 2.69. The van der Waals surface area contributed by atoms with Crippen molar-refractivity contribution in [1.29, 1.82) is 0 Å². The Morgan fingerprint density at radius 3 is 2.25 bits per heavy atom. The average Bonchev–Trinajstić information content (AvgIpc) is 2.50. The van der Waals surface area contributed by atoms with E-state index in [0.717, 1.165) is 52.0 Å². The molecule has 2 rings (SSSR count). The molecule has 3 nitrogen and oxygen atoms in total. The third kappa shape index (κ3) is 4.15. The Labute approximate surface area is 122 Å². The summed E-state index contributed by atoms with van der Waals surface area (Å²) in [5.41, 5.74) is 1.20. The van der Waals surface area contributed by atoms with E-state index in [-0.39, 0.29) is 5.41 Å². The zero-order valence-corrected chi connectivity index (χ0v) is 12.7. The van der Waals surface area contributed by atoms with Crippen molar-refractivity contribution in [1.82, 2.24) is 9.80 Å². The van der Waals surface area contributed by atoms with Crippen LogP contribution in [0.5, 0.6) is 0 Å². The molecule has 110 valence electrons. The number of aldehydes is 1. The third-order valence-corrected chi connectivity index (χ3v) is 4.39. The highest BCUT2D eigenvalue weighted by Gasteiger charge is 2.26. The zero-order chi connectivity index (χ0) is 14.4. The Morgan fingerprint density at radius 2 is 1.70 bits per heavy atom. The maximum Gasteiger partial charge on any atom is 0.127 e. The van der Waals surface area contributed by atoms with Crippen LogP contribution in [0.15, 0.2) is 30.3 Å². The molecule has 0 saturated carbocycles. The van der Waals surface area contributed by atoms with Gasteiger partial charge in [0, 0.05) is 44.7 Å². The number of hydrogen-bond acceptors (Lipinski definition) is 3. The van der Waals surface area contributed by atoms with Crippen LogP contribution in [0, 0.1) is 5.41 Å². The number of hydrogen-bond donors (Lipinski definition) is 0. The van der Waals surface area contributed by atoms with Crippen LogP contribution in [0.3, 0.4) is 0 Å². The predicted octanol–water partition coefficient (Wildman–Crippen LogP) is 2.42. The lowest BCUT2D eigenvalue weighted by atomic mass is 9.88. The van der Waals surface area contributed by atoms with Gasteiger partial charge in [-0.1, -0.05) is 44.2 Å². The van der Waals surface area contributed by atoms with Crippen LogP contribution in [0.2, 0.25) is 0 Å². The second kappa shape index (κ2) is 7.00. The molecule has 3 heteroatoms. The van der Waals surface area contributed by atoms with Gasteiger partial charge in [-0.05, 0) is 12.0 Å². The van der Waals surface area contributed by atoms with Crippen molar-refractivity contribution in [2.75, 3.05) is 32.7 Å². The quantitative estimate of drug-likeness (QED) is 0.744. The van der Waals surface area contributed by atoms with Crippen LogP contribution in [-0.4, -0.2) is 48.8 Å². The first-order chi connectivity index (χ1) is 9.65. The summed E-state index contributed by atoms with van der Waals surface area (Å²) >= 11 is 0. The highest BCUT2D eigenvalue weighted by molar-refractivity contribution is 5.58. The molecule has 20 heavy (non-hydrogen) atoms. The van der Waals surface area contributed by atoms with Crippen molar-refractivity contribution in [3.63, 3.8) is 0 Å². The average molecular weight is 274 g/mol. The summed E-state index contributed by atoms with van der Waals surface area (Å²) in [5, 5.41) is 0. The van der Waals surface area contributed by atoms with Crippen LogP contribution in [0.25, 0.3) is 0 Å². The first-order valence-electron chi connectivity index (χ1n) is 7.60. The predicted molar refractivity (Wildman–Crippen MR) is 82.6 cm³/mol. The first kappa shape index (κ1) is 15.2. The molecular formula is C17H26N2O. The van der Waals surface area contributed by atoms with Gasteiger partial charge in [0.15, 0.2) is 0 Å². The lowest BCUT2D eigenvalue weighted by Gasteiger charge is -2.38. The van der Waals surface area contributed by atoms with Gasteiger partial charge in [-0.3, -0.25) is 9.80 Å². The minimum Gasteiger partial charge on any atom is -0.303 e. The molecule has 1 aliphatic rings. The van der Waals surface area contributed by atoms with E-state index >= 15 is 0 Å². The summed E-state index contributed by atoms with van der Waals surface area (Å²) in [4.78, 5) is 16.1. The van der Waals surface area contributed by atoms with E-state index in [1.165, 1.54) is 5.56 Å². The Balaban J connectivity index is 1.79. The molecule has 0 N–H and O–H groups in total. The van der Waals surface area contributed by atoms with Crippen LogP contribution < -0.4 is 0 Å². The lowest BCUT2D eigenvalue weighted by molar-refractivity contribution is -0.116. The molecule has 1 fully saturated rings. The highest BCUT2D eigenvalue weighted by atomic mass is 16.1. The smallest absolute Gasteiger partial charge is 0.127 e.